The summed E-state index contributed by atoms with van der Waals surface area (Å²) in [6.07, 6.45) is 0.751. The smallest absolute Gasteiger partial charge is 0.338 e. The van der Waals surface area contributed by atoms with Crippen molar-refractivity contribution in [2.75, 3.05) is 13.7 Å². The van der Waals surface area contributed by atoms with Gasteiger partial charge in [0.05, 0.1) is 12.7 Å². The number of rotatable bonds is 4. The lowest BCUT2D eigenvalue weighted by Gasteiger charge is -1.98. The van der Waals surface area contributed by atoms with Gasteiger partial charge >= 0.3 is 5.97 Å². The minimum atomic E-state index is -0.312. The molecule has 1 aromatic heterocycles. The molecule has 0 atom stereocenters. The molecule has 76 valence electrons. The van der Waals surface area contributed by atoms with Crippen LogP contribution in [0.1, 0.15) is 21.7 Å². The Bertz CT molecular complexity index is 344. The third-order valence-corrected chi connectivity index (χ3v) is 2.85. The van der Waals surface area contributed by atoms with Gasteiger partial charge in [-0.1, -0.05) is 6.58 Å². The van der Waals surface area contributed by atoms with Crippen molar-refractivity contribution >= 4 is 22.9 Å². The molecule has 2 N–H and O–H groups in total. The van der Waals surface area contributed by atoms with Crippen LogP contribution in [0.3, 0.4) is 0 Å². The van der Waals surface area contributed by atoms with Gasteiger partial charge in [0.25, 0.3) is 0 Å². The number of hydrogen-bond donors (Lipinski definition) is 1. The van der Waals surface area contributed by atoms with Crippen molar-refractivity contribution in [2.24, 2.45) is 5.73 Å². The molecule has 4 heteroatoms. The maximum absolute atomic E-state index is 11.1. The Morgan fingerprint density at radius 1 is 1.71 bits per heavy atom. The Kier molecular flexibility index (Phi) is 3.85. The van der Waals surface area contributed by atoms with Crippen molar-refractivity contribution < 1.29 is 9.53 Å². The zero-order valence-electron chi connectivity index (χ0n) is 8.08. The standard InChI is InChI=1S/C10H13NO2S/c1-7(3-4-11)9-5-8(6-14-9)10(12)13-2/h5-6H,1,3-4,11H2,2H3. The largest absolute Gasteiger partial charge is 0.465 e. The van der Waals surface area contributed by atoms with Gasteiger partial charge < -0.3 is 10.5 Å². The van der Waals surface area contributed by atoms with E-state index in [0.717, 1.165) is 16.9 Å². The Balaban J connectivity index is 2.77. The van der Waals surface area contributed by atoms with Crippen molar-refractivity contribution in [3.8, 4) is 0 Å². The van der Waals surface area contributed by atoms with Crippen LogP contribution in [0.15, 0.2) is 18.0 Å². The zero-order chi connectivity index (χ0) is 10.6. The molecule has 0 aliphatic heterocycles. The maximum atomic E-state index is 11.1. The lowest BCUT2D eigenvalue weighted by Crippen LogP contribution is -1.99. The average Bonchev–Trinajstić information content (AvgIpc) is 2.66. The lowest BCUT2D eigenvalue weighted by atomic mass is 10.1. The molecule has 1 rings (SSSR count). The number of methoxy groups -OCH3 is 1. The van der Waals surface area contributed by atoms with Gasteiger partial charge in [-0.05, 0) is 24.6 Å². The first-order chi connectivity index (χ1) is 6.69. The molecule has 0 spiro atoms. The summed E-state index contributed by atoms with van der Waals surface area (Å²) in [5, 5.41) is 1.77. The fourth-order valence-corrected chi connectivity index (χ4v) is 1.93. The van der Waals surface area contributed by atoms with Crippen LogP contribution < -0.4 is 5.73 Å². The first-order valence-corrected chi connectivity index (χ1v) is 5.12. The number of thiophene rings is 1. The highest BCUT2D eigenvalue weighted by atomic mass is 32.1. The molecular weight excluding hydrogens is 198 g/mol. The van der Waals surface area contributed by atoms with Crippen LogP contribution in [0.2, 0.25) is 0 Å². The van der Waals surface area contributed by atoms with Gasteiger partial charge in [0, 0.05) is 10.3 Å². The second-order valence-electron chi connectivity index (χ2n) is 2.83. The number of esters is 1. The molecule has 0 amide bonds. The second-order valence-corrected chi connectivity index (χ2v) is 3.74. The van der Waals surface area contributed by atoms with Crippen LogP contribution in [0.4, 0.5) is 0 Å². The summed E-state index contributed by atoms with van der Waals surface area (Å²) in [6.45, 7) is 4.47. The van der Waals surface area contributed by atoms with Crippen molar-refractivity contribution in [2.45, 2.75) is 6.42 Å². The zero-order valence-corrected chi connectivity index (χ0v) is 8.89. The first kappa shape index (κ1) is 10.9. The van der Waals surface area contributed by atoms with Crippen LogP contribution in [0.25, 0.3) is 5.57 Å². The quantitative estimate of drug-likeness (QED) is 0.774. The molecule has 0 fully saturated rings. The Labute approximate surface area is 87.2 Å². The van der Waals surface area contributed by atoms with Gasteiger partial charge in [-0.15, -0.1) is 11.3 Å². The number of ether oxygens (including phenoxy) is 1. The van der Waals surface area contributed by atoms with E-state index in [1.165, 1.54) is 18.4 Å². The Morgan fingerprint density at radius 3 is 3.00 bits per heavy atom. The van der Waals surface area contributed by atoms with E-state index < -0.39 is 0 Å². The van der Waals surface area contributed by atoms with E-state index in [1.807, 2.05) is 0 Å². The van der Waals surface area contributed by atoms with E-state index >= 15 is 0 Å². The van der Waals surface area contributed by atoms with Gasteiger partial charge in [-0.2, -0.15) is 0 Å². The summed E-state index contributed by atoms with van der Waals surface area (Å²) in [7, 11) is 1.37. The second kappa shape index (κ2) is 4.93. The highest BCUT2D eigenvalue weighted by Crippen LogP contribution is 2.24. The summed E-state index contributed by atoms with van der Waals surface area (Å²) in [5.41, 5.74) is 6.95. The number of nitrogens with two attached hydrogens (primary N) is 1. The summed E-state index contributed by atoms with van der Waals surface area (Å²) in [4.78, 5) is 12.1. The summed E-state index contributed by atoms with van der Waals surface area (Å²) in [5.74, 6) is -0.312. The fraction of sp³-hybridized carbons (Fsp3) is 0.300. The monoisotopic (exact) mass is 211 g/mol. The topological polar surface area (TPSA) is 52.3 Å². The SMILES string of the molecule is C=C(CCN)c1cc(C(=O)OC)cs1. The molecule has 3 nitrogen and oxygen atoms in total. The third kappa shape index (κ3) is 2.43. The van der Waals surface area contributed by atoms with E-state index in [1.54, 1.807) is 11.4 Å². The lowest BCUT2D eigenvalue weighted by molar-refractivity contribution is 0.0601. The molecule has 0 bridgehead atoms. The Morgan fingerprint density at radius 2 is 2.43 bits per heavy atom. The summed E-state index contributed by atoms with van der Waals surface area (Å²) < 4.78 is 4.60. The normalized spacial score (nSPS) is 9.86. The third-order valence-electron chi connectivity index (χ3n) is 1.82. The van der Waals surface area contributed by atoms with Crippen LogP contribution in [-0.2, 0) is 4.74 Å². The predicted molar refractivity (Wildman–Crippen MR) is 58.4 cm³/mol. The minimum absolute atomic E-state index is 0.312. The molecular formula is C10H13NO2S. The van der Waals surface area contributed by atoms with Crippen molar-refractivity contribution in [1.29, 1.82) is 0 Å². The van der Waals surface area contributed by atoms with Gasteiger partial charge in [-0.3, -0.25) is 0 Å². The minimum Gasteiger partial charge on any atom is -0.465 e. The average molecular weight is 211 g/mol. The van der Waals surface area contributed by atoms with Crippen molar-refractivity contribution in [3.05, 3.63) is 28.5 Å². The maximum Gasteiger partial charge on any atom is 0.338 e. The van der Waals surface area contributed by atoms with Gasteiger partial charge in [-0.25, -0.2) is 4.79 Å². The molecule has 0 aromatic carbocycles. The molecule has 14 heavy (non-hydrogen) atoms. The summed E-state index contributed by atoms with van der Waals surface area (Å²) in [6, 6.07) is 1.79. The van der Waals surface area contributed by atoms with E-state index in [-0.39, 0.29) is 5.97 Å². The van der Waals surface area contributed by atoms with Crippen LogP contribution in [0.5, 0.6) is 0 Å². The van der Waals surface area contributed by atoms with Crippen LogP contribution >= 0.6 is 11.3 Å². The van der Waals surface area contributed by atoms with E-state index in [0.29, 0.717) is 12.1 Å². The number of carbonyl (C=O) groups excluding carboxylic acids is 1. The Hall–Kier alpha value is -1.13. The van der Waals surface area contributed by atoms with Gasteiger partial charge in [0.2, 0.25) is 0 Å². The molecule has 1 heterocycles. The molecule has 0 radical (unpaired) electrons. The molecule has 0 aliphatic rings. The highest BCUT2D eigenvalue weighted by molar-refractivity contribution is 7.11. The van der Waals surface area contributed by atoms with E-state index in [2.05, 4.69) is 11.3 Å². The number of carbonyl (C=O) groups is 1. The van der Waals surface area contributed by atoms with E-state index in [4.69, 9.17) is 5.73 Å². The molecule has 0 saturated carbocycles. The summed E-state index contributed by atoms with van der Waals surface area (Å²) >= 11 is 1.49. The van der Waals surface area contributed by atoms with Crippen molar-refractivity contribution in [1.82, 2.24) is 0 Å². The van der Waals surface area contributed by atoms with Crippen molar-refractivity contribution in [3.63, 3.8) is 0 Å². The molecule has 0 aliphatic carbocycles. The molecule has 0 unspecified atom stereocenters. The van der Waals surface area contributed by atoms with Crippen LogP contribution in [-0.4, -0.2) is 19.6 Å². The van der Waals surface area contributed by atoms with Gasteiger partial charge in [0.1, 0.15) is 0 Å². The van der Waals surface area contributed by atoms with Crippen LogP contribution in [0, 0.1) is 0 Å². The number of hydrogen-bond acceptors (Lipinski definition) is 4. The first-order valence-electron chi connectivity index (χ1n) is 4.24. The fourth-order valence-electron chi connectivity index (χ4n) is 1.04. The highest BCUT2D eigenvalue weighted by Gasteiger charge is 2.09. The van der Waals surface area contributed by atoms with Gasteiger partial charge in [0.15, 0.2) is 0 Å². The van der Waals surface area contributed by atoms with E-state index in [9.17, 15) is 4.79 Å². The predicted octanol–water partition coefficient (Wildman–Crippen LogP) is 1.90. The molecule has 1 aromatic rings. The molecule has 0 saturated heterocycles.